The van der Waals surface area contributed by atoms with E-state index in [4.69, 9.17) is 4.74 Å². The molecule has 8 heteroatoms. The Bertz CT molecular complexity index is 878. The number of ether oxygens (including phenoxy) is 1. The van der Waals surface area contributed by atoms with Gasteiger partial charge in [0.25, 0.3) is 5.91 Å². The Balaban J connectivity index is 1.37. The highest BCUT2D eigenvalue weighted by atomic mass is 16.5. The van der Waals surface area contributed by atoms with E-state index in [-0.39, 0.29) is 5.91 Å². The fraction of sp³-hybridized carbons (Fsp3) is 0.591. The topological polar surface area (TPSA) is 66.7 Å². The first-order chi connectivity index (χ1) is 14.7. The molecule has 4 heterocycles. The maximum Gasteiger partial charge on any atom is 0.270 e. The van der Waals surface area contributed by atoms with Crippen molar-refractivity contribution in [3.05, 3.63) is 30.4 Å². The van der Waals surface area contributed by atoms with Crippen LogP contribution in [0.2, 0.25) is 0 Å². The van der Waals surface area contributed by atoms with Crippen LogP contribution in [0.4, 0.5) is 5.95 Å². The van der Waals surface area contributed by atoms with Crippen LogP contribution in [0.3, 0.4) is 0 Å². The molecule has 2 aromatic heterocycles. The van der Waals surface area contributed by atoms with Crippen LogP contribution in [0.1, 0.15) is 23.3 Å². The van der Waals surface area contributed by atoms with Crippen molar-refractivity contribution in [2.24, 2.45) is 5.92 Å². The quantitative estimate of drug-likeness (QED) is 0.746. The van der Waals surface area contributed by atoms with Crippen LogP contribution >= 0.6 is 0 Å². The molecular weight excluding hydrogens is 380 g/mol. The molecule has 0 aromatic carbocycles. The lowest BCUT2D eigenvalue weighted by molar-refractivity contribution is 0.0653. The molecule has 0 radical (unpaired) electrons. The average molecular weight is 411 g/mol. The SMILES string of the molecule is CN1CCN(C(=O)c2cc(-c3cnc(N4CCOCC4)nc3)cn2CC2CC2)CC1. The maximum atomic E-state index is 13.3. The normalized spacial score (nSPS) is 20.6. The van der Waals surface area contributed by atoms with E-state index < -0.39 is 0 Å². The summed E-state index contributed by atoms with van der Waals surface area (Å²) in [6.45, 7) is 7.42. The Labute approximate surface area is 177 Å². The van der Waals surface area contributed by atoms with E-state index in [1.165, 1.54) is 12.8 Å². The van der Waals surface area contributed by atoms with Gasteiger partial charge in [-0.25, -0.2) is 9.97 Å². The summed E-state index contributed by atoms with van der Waals surface area (Å²) >= 11 is 0. The summed E-state index contributed by atoms with van der Waals surface area (Å²) in [4.78, 5) is 28.8. The van der Waals surface area contributed by atoms with E-state index in [1.807, 2.05) is 23.4 Å². The second kappa shape index (κ2) is 8.35. The Morgan fingerprint density at radius 2 is 1.73 bits per heavy atom. The molecule has 2 aromatic rings. The van der Waals surface area contributed by atoms with Gasteiger partial charge < -0.3 is 24.0 Å². The summed E-state index contributed by atoms with van der Waals surface area (Å²) in [6.07, 6.45) is 8.37. The molecular formula is C22H30N6O2. The average Bonchev–Trinajstić information content (AvgIpc) is 3.51. The zero-order valence-electron chi connectivity index (χ0n) is 17.7. The summed E-state index contributed by atoms with van der Waals surface area (Å²) in [6, 6.07) is 2.02. The van der Waals surface area contributed by atoms with Crippen LogP contribution in [0.5, 0.6) is 0 Å². The molecule has 2 aliphatic heterocycles. The molecule has 0 atom stereocenters. The van der Waals surface area contributed by atoms with Crippen molar-refractivity contribution >= 4 is 11.9 Å². The number of anilines is 1. The highest BCUT2D eigenvalue weighted by Crippen LogP contribution is 2.33. The third kappa shape index (κ3) is 4.20. The predicted molar refractivity (Wildman–Crippen MR) is 115 cm³/mol. The molecule has 1 saturated carbocycles. The van der Waals surface area contributed by atoms with E-state index in [2.05, 4.69) is 37.6 Å². The van der Waals surface area contributed by atoms with Gasteiger partial charge in [0.2, 0.25) is 5.95 Å². The van der Waals surface area contributed by atoms with Crippen LogP contribution in [-0.4, -0.2) is 89.8 Å². The Hall–Kier alpha value is -2.45. The van der Waals surface area contributed by atoms with Crippen molar-refractivity contribution in [1.82, 2.24) is 24.3 Å². The number of nitrogens with zero attached hydrogens (tertiary/aromatic N) is 6. The van der Waals surface area contributed by atoms with E-state index in [1.54, 1.807) is 0 Å². The van der Waals surface area contributed by atoms with E-state index in [0.29, 0.717) is 19.1 Å². The highest BCUT2D eigenvalue weighted by Gasteiger charge is 2.27. The number of piperazine rings is 1. The molecule has 160 valence electrons. The first-order valence-corrected chi connectivity index (χ1v) is 11.0. The molecule has 0 bridgehead atoms. The fourth-order valence-corrected chi connectivity index (χ4v) is 4.15. The first kappa shape index (κ1) is 19.5. The zero-order chi connectivity index (χ0) is 20.5. The lowest BCUT2D eigenvalue weighted by atomic mass is 10.2. The smallest absolute Gasteiger partial charge is 0.270 e. The number of hydrogen-bond donors (Lipinski definition) is 0. The monoisotopic (exact) mass is 410 g/mol. The number of rotatable bonds is 5. The van der Waals surface area contributed by atoms with Crippen molar-refractivity contribution in [1.29, 1.82) is 0 Å². The number of carbonyl (C=O) groups excluding carboxylic acids is 1. The van der Waals surface area contributed by atoms with Crippen molar-refractivity contribution in [2.75, 3.05) is 64.4 Å². The summed E-state index contributed by atoms with van der Waals surface area (Å²) in [5.74, 6) is 1.58. The molecule has 8 nitrogen and oxygen atoms in total. The lowest BCUT2D eigenvalue weighted by Gasteiger charge is -2.32. The molecule has 2 saturated heterocycles. The number of hydrogen-bond acceptors (Lipinski definition) is 6. The molecule has 0 unspecified atom stereocenters. The molecule has 3 aliphatic rings. The molecule has 30 heavy (non-hydrogen) atoms. The zero-order valence-corrected chi connectivity index (χ0v) is 17.7. The summed E-state index contributed by atoms with van der Waals surface area (Å²) in [5, 5.41) is 0. The van der Waals surface area contributed by atoms with Gasteiger partial charge in [-0.05, 0) is 31.9 Å². The fourth-order valence-electron chi connectivity index (χ4n) is 4.15. The minimum absolute atomic E-state index is 0.140. The van der Waals surface area contributed by atoms with Crippen LogP contribution in [0.15, 0.2) is 24.7 Å². The molecule has 0 spiro atoms. The summed E-state index contributed by atoms with van der Waals surface area (Å²) < 4.78 is 7.56. The number of morpholine rings is 1. The molecule has 5 rings (SSSR count). The van der Waals surface area contributed by atoms with Gasteiger partial charge in [0.15, 0.2) is 0 Å². The molecule has 0 N–H and O–H groups in total. The predicted octanol–water partition coefficient (Wildman–Crippen LogP) is 1.58. The van der Waals surface area contributed by atoms with Gasteiger partial charge in [-0.3, -0.25) is 4.79 Å². The first-order valence-electron chi connectivity index (χ1n) is 11.0. The van der Waals surface area contributed by atoms with Crippen LogP contribution in [0, 0.1) is 5.92 Å². The van der Waals surface area contributed by atoms with Crippen molar-refractivity contribution in [3.63, 3.8) is 0 Å². The van der Waals surface area contributed by atoms with Gasteiger partial charge in [0.05, 0.1) is 13.2 Å². The maximum absolute atomic E-state index is 13.3. The standard InChI is InChI=1S/C22H30N6O2/c1-25-4-6-26(7-5-25)21(29)20-12-18(16-28(20)15-17-2-3-17)19-13-23-22(24-14-19)27-8-10-30-11-9-27/h12-14,16-17H,2-11,15H2,1H3. The Kier molecular flexibility index (Phi) is 5.43. The van der Waals surface area contributed by atoms with Gasteiger partial charge in [-0.2, -0.15) is 0 Å². The molecule has 1 aliphatic carbocycles. The van der Waals surface area contributed by atoms with Gasteiger partial charge in [0, 0.05) is 75.5 Å². The van der Waals surface area contributed by atoms with Crippen LogP contribution < -0.4 is 4.90 Å². The number of amides is 1. The highest BCUT2D eigenvalue weighted by molar-refractivity contribution is 5.94. The number of carbonyl (C=O) groups is 1. The van der Waals surface area contributed by atoms with Gasteiger partial charge in [-0.15, -0.1) is 0 Å². The van der Waals surface area contributed by atoms with E-state index in [9.17, 15) is 4.79 Å². The lowest BCUT2D eigenvalue weighted by Crippen LogP contribution is -2.47. The Morgan fingerprint density at radius 3 is 2.40 bits per heavy atom. The van der Waals surface area contributed by atoms with E-state index >= 15 is 0 Å². The number of likely N-dealkylation sites (N-methyl/N-ethyl adjacent to an activating group) is 1. The van der Waals surface area contributed by atoms with Crippen molar-refractivity contribution < 1.29 is 9.53 Å². The van der Waals surface area contributed by atoms with E-state index in [0.717, 1.165) is 68.6 Å². The molecule has 1 amide bonds. The second-order valence-electron chi connectivity index (χ2n) is 8.68. The third-order valence-corrected chi connectivity index (χ3v) is 6.32. The van der Waals surface area contributed by atoms with Crippen LogP contribution in [0.25, 0.3) is 11.1 Å². The summed E-state index contributed by atoms with van der Waals surface area (Å²) in [5.41, 5.74) is 2.76. The number of aromatic nitrogens is 3. The minimum atomic E-state index is 0.140. The Morgan fingerprint density at radius 1 is 1.03 bits per heavy atom. The van der Waals surface area contributed by atoms with Crippen molar-refractivity contribution in [2.45, 2.75) is 19.4 Å². The minimum Gasteiger partial charge on any atom is -0.378 e. The third-order valence-electron chi connectivity index (χ3n) is 6.32. The largest absolute Gasteiger partial charge is 0.378 e. The second-order valence-corrected chi connectivity index (χ2v) is 8.68. The van der Waals surface area contributed by atoms with Crippen LogP contribution in [-0.2, 0) is 11.3 Å². The van der Waals surface area contributed by atoms with Gasteiger partial charge in [-0.1, -0.05) is 0 Å². The van der Waals surface area contributed by atoms with Gasteiger partial charge >= 0.3 is 0 Å². The van der Waals surface area contributed by atoms with Crippen molar-refractivity contribution in [3.8, 4) is 11.1 Å². The molecule has 3 fully saturated rings. The van der Waals surface area contributed by atoms with Gasteiger partial charge in [0.1, 0.15) is 5.69 Å². The summed E-state index contributed by atoms with van der Waals surface area (Å²) in [7, 11) is 2.11.